The van der Waals surface area contributed by atoms with Gasteiger partial charge in [-0.3, -0.25) is 0 Å². The molecule has 2 aliphatic rings. The van der Waals surface area contributed by atoms with Gasteiger partial charge in [0.05, 0.1) is 6.26 Å². The Morgan fingerprint density at radius 1 is 1.35 bits per heavy atom. The Balaban J connectivity index is 1.64. The molecule has 3 rings (SSSR count). The van der Waals surface area contributed by atoms with Crippen LogP contribution in [0.5, 0.6) is 0 Å². The van der Waals surface area contributed by atoms with Crippen molar-refractivity contribution in [2.24, 2.45) is 17.8 Å². The van der Waals surface area contributed by atoms with Crippen molar-refractivity contribution >= 4 is 0 Å². The summed E-state index contributed by atoms with van der Waals surface area (Å²) in [5, 5.41) is 3.68. The highest BCUT2D eigenvalue weighted by atomic mass is 16.3. The number of hydrogen-bond acceptors (Lipinski definition) is 2. The van der Waals surface area contributed by atoms with E-state index in [1.165, 1.54) is 25.7 Å². The molecule has 0 aromatic carbocycles. The monoisotopic (exact) mass is 233 g/mol. The van der Waals surface area contributed by atoms with Gasteiger partial charge in [0.15, 0.2) is 0 Å². The Labute approximate surface area is 104 Å². The molecule has 1 N–H and O–H groups in total. The molecule has 2 heteroatoms. The first-order valence-corrected chi connectivity index (χ1v) is 7.16. The van der Waals surface area contributed by atoms with E-state index >= 15 is 0 Å². The topological polar surface area (TPSA) is 25.2 Å². The van der Waals surface area contributed by atoms with Crippen LogP contribution in [0.15, 0.2) is 22.8 Å². The SMILES string of the molecule is CCNC(Cc1ccco1)C1C2CCCCC21. The predicted octanol–water partition coefficient (Wildman–Crippen LogP) is 3.24. The van der Waals surface area contributed by atoms with Crippen LogP contribution in [0.3, 0.4) is 0 Å². The molecular formula is C15H23NO. The quantitative estimate of drug-likeness (QED) is 0.844. The zero-order valence-corrected chi connectivity index (χ0v) is 10.7. The second-order valence-corrected chi connectivity index (χ2v) is 5.64. The van der Waals surface area contributed by atoms with Crippen molar-refractivity contribution in [1.82, 2.24) is 5.32 Å². The molecule has 1 aromatic heterocycles. The van der Waals surface area contributed by atoms with Crippen molar-refractivity contribution in [1.29, 1.82) is 0 Å². The molecule has 0 bridgehead atoms. The van der Waals surface area contributed by atoms with Gasteiger partial charge in [0.25, 0.3) is 0 Å². The van der Waals surface area contributed by atoms with E-state index < -0.39 is 0 Å². The summed E-state index contributed by atoms with van der Waals surface area (Å²) >= 11 is 0. The standard InChI is InChI=1S/C15H23NO/c1-2-16-14(10-11-6-5-9-17-11)15-12-7-3-4-8-13(12)15/h5-6,9,12-16H,2-4,7-8,10H2,1H3. The van der Waals surface area contributed by atoms with Gasteiger partial charge in [-0.05, 0) is 49.3 Å². The maximum Gasteiger partial charge on any atom is 0.105 e. The zero-order chi connectivity index (χ0) is 11.7. The molecule has 2 aliphatic carbocycles. The predicted molar refractivity (Wildman–Crippen MR) is 68.8 cm³/mol. The lowest BCUT2D eigenvalue weighted by atomic mass is 10.0. The molecular weight excluding hydrogens is 210 g/mol. The van der Waals surface area contributed by atoms with Crippen molar-refractivity contribution in [3.63, 3.8) is 0 Å². The Bertz CT molecular complexity index is 334. The second kappa shape index (κ2) is 4.85. The third-order valence-electron chi connectivity index (χ3n) is 4.65. The minimum Gasteiger partial charge on any atom is -0.469 e. The normalized spacial score (nSPS) is 33.1. The fourth-order valence-electron chi connectivity index (χ4n) is 3.90. The first-order valence-electron chi connectivity index (χ1n) is 7.16. The van der Waals surface area contributed by atoms with Crippen LogP contribution in [0.25, 0.3) is 0 Å². The number of likely N-dealkylation sites (N-methyl/N-ethyl adjacent to an activating group) is 1. The molecule has 0 saturated heterocycles. The van der Waals surface area contributed by atoms with Crippen LogP contribution in [-0.2, 0) is 6.42 Å². The van der Waals surface area contributed by atoms with Crippen LogP contribution in [0.4, 0.5) is 0 Å². The molecule has 0 spiro atoms. The Hall–Kier alpha value is -0.760. The van der Waals surface area contributed by atoms with Crippen LogP contribution in [0.2, 0.25) is 0 Å². The summed E-state index contributed by atoms with van der Waals surface area (Å²) in [5.74, 6) is 4.09. The highest BCUT2D eigenvalue weighted by Gasteiger charge is 2.53. The van der Waals surface area contributed by atoms with E-state index in [2.05, 4.69) is 18.3 Å². The molecule has 1 heterocycles. The lowest BCUT2D eigenvalue weighted by Gasteiger charge is -2.17. The van der Waals surface area contributed by atoms with Crippen LogP contribution in [-0.4, -0.2) is 12.6 Å². The summed E-state index contributed by atoms with van der Waals surface area (Å²) in [4.78, 5) is 0. The van der Waals surface area contributed by atoms with Crippen molar-refractivity contribution in [3.8, 4) is 0 Å². The van der Waals surface area contributed by atoms with Gasteiger partial charge < -0.3 is 9.73 Å². The number of hydrogen-bond donors (Lipinski definition) is 1. The third-order valence-corrected chi connectivity index (χ3v) is 4.65. The maximum atomic E-state index is 5.50. The minimum absolute atomic E-state index is 0.638. The van der Waals surface area contributed by atoms with Gasteiger partial charge in [-0.25, -0.2) is 0 Å². The summed E-state index contributed by atoms with van der Waals surface area (Å²) < 4.78 is 5.50. The van der Waals surface area contributed by atoms with Crippen LogP contribution < -0.4 is 5.32 Å². The van der Waals surface area contributed by atoms with E-state index in [0.29, 0.717) is 6.04 Å². The third kappa shape index (κ3) is 2.28. The lowest BCUT2D eigenvalue weighted by molar-refractivity contribution is 0.397. The number of rotatable bonds is 5. The van der Waals surface area contributed by atoms with Gasteiger partial charge in [0.1, 0.15) is 5.76 Å². The van der Waals surface area contributed by atoms with E-state index in [1.807, 2.05) is 6.07 Å². The summed E-state index contributed by atoms with van der Waals surface area (Å²) in [5.41, 5.74) is 0. The first-order chi connectivity index (χ1) is 8.40. The average Bonchev–Trinajstić information content (AvgIpc) is 2.85. The molecule has 3 unspecified atom stereocenters. The van der Waals surface area contributed by atoms with Crippen molar-refractivity contribution in [2.45, 2.75) is 45.1 Å². The number of nitrogens with one attached hydrogen (secondary N) is 1. The molecule has 17 heavy (non-hydrogen) atoms. The number of furan rings is 1. The minimum atomic E-state index is 0.638. The van der Waals surface area contributed by atoms with E-state index in [0.717, 1.165) is 36.5 Å². The highest BCUT2D eigenvalue weighted by Crippen LogP contribution is 2.57. The molecule has 1 aromatic rings. The van der Waals surface area contributed by atoms with E-state index in [4.69, 9.17) is 4.42 Å². The van der Waals surface area contributed by atoms with Gasteiger partial charge in [-0.15, -0.1) is 0 Å². The van der Waals surface area contributed by atoms with E-state index in [-0.39, 0.29) is 0 Å². The van der Waals surface area contributed by atoms with Gasteiger partial charge in [0.2, 0.25) is 0 Å². The average molecular weight is 233 g/mol. The fourth-order valence-corrected chi connectivity index (χ4v) is 3.90. The Kier molecular flexibility index (Phi) is 3.24. The van der Waals surface area contributed by atoms with Crippen LogP contribution >= 0.6 is 0 Å². The molecule has 2 fully saturated rings. The maximum absolute atomic E-state index is 5.50. The molecule has 0 aliphatic heterocycles. The molecule has 3 atom stereocenters. The first kappa shape index (κ1) is 11.3. The van der Waals surface area contributed by atoms with Crippen molar-refractivity contribution < 1.29 is 4.42 Å². The second-order valence-electron chi connectivity index (χ2n) is 5.64. The molecule has 0 radical (unpaired) electrons. The summed E-state index contributed by atoms with van der Waals surface area (Å²) in [6.45, 7) is 3.28. The van der Waals surface area contributed by atoms with Gasteiger partial charge >= 0.3 is 0 Å². The lowest BCUT2D eigenvalue weighted by Crippen LogP contribution is -2.34. The molecule has 2 saturated carbocycles. The molecule has 0 amide bonds. The number of fused-ring (bicyclic) bond motifs is 1. The summed E-state index contributed by atoms with van der Waals surface area (Å²) in [6.07, 6.45) is 8.70. The summed E-state index contributed by atoms with van der Waals surface area (Å²) in [7, 11) is 0. The van der Waals surface area contributed by atoms with Crippen molar-refractivity contribution in [2.75, 3.05) is 6.54 Å². The largest absolute Gasteiger partial charge is 0.469 e. The Morgan fingerprint density at radius 3 is 2.71 bits per heavy atom. The fraction of sp³-hybridized carbons (Fsp3) is 0.733. The van der Waals surface area contributed by atoms with E-state index in [9.17, 15) is 0 Å². The molecule has 2 nitrogen and oxygen atoms in total. The van der Waals surface area contributed by atoms with Gasteiger partial charge in [-0.1, -0.05) is 19.8 Å². The van der Waals surface area contributed by atoms with Gasteiger partial charge in [0, 0.05) is 12.5 Å². The van der Waals surface area contributed by atoms with Crippen molar-refractivity contribution in [3.05, 3.63) is 24.2 Å². The zero-order valence-electron chi connectivity index (χ0n) is 10.7. The smallest absolute Gasteiger partial charge is 0.105 e. The van der Waals surface area contributed by atoms with Crippen LogP contribution in [0.1, 0.15) is 38.4 Å². The molecule has 94 valence electrons. The summed E-state index contributed by atoms with van der Waals surface area (Å²) in [6, 6.07) is 4.74. The van der Waals surface area contributed by atoms with E-state index in [1.54, 1.807) is 6.26 Å². The van der Waals surface area contributed by atoms with Gasteiger partial charge in [-0.2, -0.15) is 0 Å². The Morgan fingerprint density at radius 2 is 2.12 bits per heavy atom. The highest BCUT2D eigenvalue weighted by molar-refractivity contribution is 5.09. The van der Waals surface area contributed by atoms with Crippen LogP contribution in [0, 0.1) is 17.8 Å².